The minimum absolute atomic E-state index is 0.141. The second-order valence-corrected chi connectivity index (χ2v) is 9.22. The Hall–Kier alpha value is -2.93. The third-order valence-electron chi connectivity index (χ3n) is 5.75. The van der Waals surface area contributed by atoms with Gasteiger partial charge in [0.25, 0.3) is 5.91 Å². The standard InChI is InChI=1S/C25H29FN2O4/c1-25(2,3)32-24(30)27-14-15-31-21(16-27)23(29)28-13-12-17-6-4-5-7-20(17)22(28)18-8-10-19(26)11-9-18/h4-11,21-22H,12-16H2,1-3H3/t21-,22-/m0/s1. The molecule has 2 heterocycles. The van der Waals surface area contributed by atoms with Gasteiger partial charge < -0.3 is 19.3 Å². The molecule has 32 heavy (non-hydrogen) atoms. The number of fused-ring (bicyclic) bond motifs is 1. The molecule has 1 fully saturated rings. The van der Waals surface area contributed by atoms with Crippen LogP contribution in [-0.2, 0) is 20.7 Å². The Bertz CT molecular complexity index is 986. The van der Waals surface area contributed by atoms with Crippen LogP contribution in [0, 0.1) is 5.82 Å². The third kappa shape index (κ3) is 4.78. The number of hydrogen-bond acceptors (Lipinski definition) is 4. The molecule has 0 aromatic heterocycles. The highest BCUT2D eigenvalue weighted by atomic mass is 19.1. The van der Waals surface area contributed by atoms with Gasteiger partial charge >= 0.3 is 6.09 Å². The number of benzene rings is 2. The van der Waals surface area contributed by atoms with E-state index < -0.39 is 17.8 Å². The van der Waals surface area contributed by atoms with Crippen molar-refractivity contribution in [1.82, 2.24) is 9.80 Å². The Kier molecular flexibility index (Phi) is 6.20. The predicted molar refractivity (Wildman–Crippen MR) is 118 cm³/mol. The molecule has 2 amide bonds. The van der Waals surface area contributed by atoms with Crippen molar-refractivity contribution < 1.29 is 23.5 Å². The Morgan fingerprint density at radius 1 is 1.06 bits per heavy atom. The Balaban J connectivity index is 1.59. The summed E-state index contributed by atoms with van der Waals surface area (Å²) in [5.74, 6) is -0.499. The second-order valence-electron chi connectivity index (χ2n) is 9.22. The first kappa shape index (κ1) is 22.3. The summed E-state index contributed by atoms with van der Waals surface area (Å²) in [5, 5.41) is 0. The number of ether oxygens (including phenoxy) is 2. The SMILES string of the molecule is CC(C)(C)OC(=O)N1CCO[C@H](C(=O)N2CCc3ccccc3[C@@H]2c2ccc(F)cc2)C1. The number of morpholine rings is 1. The highest BCUT2D eigenvalue weighted by Crippen LogP contribution is 2.36. The Morgan fingerprint density at radius 2 is 1.78 bits per heavy atom. The zero-order valence-corrected chi connectivity index (χ0v) is 18.7. The minimum Gasteiger partial charge on any atom is -0.444 e. The van der Waals surface area contributed by atoms with Gasteiger partial charge in [0.2, 0.25) is 0 Å². The summed E-state index contributed by atoms with van der Waals surface area (Å²) in [6.07, 6.45) is -0.496. The van der Waals surface area contributed by atoms with Crippen LogP contribution in [0.4, 0.5) is 9.18 Å². The van der Waals surface area contributed by atoms with Crippen molar-refractivity contribution in [2.75, 3.05) is 26.2 Å². The van der Waals surface area contributed by atoms with Crippen molar-refractivity contribution >= 4 is 12.0 Å². The molecule has 6 nitrogen and oxygen atoms in total. The highest BCUT2D eigenvalue weighted by Gasteiger charge is 2.39. The third-order valence-corrected chi connectivity index (χ3v) is 5.75. The topological polar surface area (TPSA) is 59.1 Å². The van der Waals surface area contributed by atoms with E-state index in [1.54, 1.807) is 17.0 Å². The molecule has 2 aliphatic rings. The maximum Gasteiger partial charge on any atom is 0.410 e. The maximum absolute atomic E-state index is 13.6. The molecule has 170 valence electrons. The van der Waals surface area contributed by atoms with Gasteiger partial charge in [-0.3, -0.25) is 4.79 Å². The highest BCUT2D eigenvalue weighted by molar-refractivity contribution is 5.83. The molecule has 2 aliphatic heterocycles. The van der Waals surface area contributed by atoms with Crippen LogP contribution in [0.15, 0.2) is 48.5 Å². The van der Waals surface area contributed by atoms with Crippen molar-refractivity contribution in [3.8, 4) is 0 Å². The van der Waals surface area contributed by atoms with E-state index >= 15 is 0 Å². The molecule has 0 aliphatic carbocycles. The van der Waals surface area contributed by atoms with E-state index in [2.05, 4.69) is 6.07 Å². The van der Waals surface area contributed by atoms with Crippen LogP contribution < -0.4 is 0 Å². The number of carbonyl (C=O) groups is 2. The summed E-state index contributed by atoms with van der Waals surface area (Å²) in [6, 6.07) is 13.9. The number of hydrogen-bond donors (Lipinski definition) is 0. The summed E-state index contributed by atoms with van der Waals surface area (Å²) in [6.45, 7) is 6.74. The Morgan fingerprint density at radius 3 is 2.50 bits per heavy atom. The van der Waals surface area contributed by atoms with Crippen molar-refractivity contribution in [2.24, 2.45) is 0 Å². The van der Waals surface area contributed by atoms with Gasteiger partial charge in [-0.15, -0.1) is 0 Å². The van der Waals surface area contributed by atoms with E-state index in [0.29, 0.717) is 13.1 Å². The van der Waals surface area contributed by atoms with Gasteiger partial charge in [0.05, 0.1) is 19.2 Å². The minimum atomic E-state index is -0.774. The number of rotatable bonds is 2. The van der Waals surface area contributed by atoms with E-state index in [1.165, 1.54) is 22.6 Å². The van der Waals surface area contributed by atoms with Crippen LogP contribution in [0.25, 0.3) is 0 Å². The Labute approximate surface area is 187 Å². The normalized spacial score (nSPS) is 21.1. The summed E-state index contributed by atoms with van der Waals surface area (Å²) in [7, 11) is 0. The first-order chi connectivity index (χ1) is 15.2. The van der Waals surface area contributed by atoms with Crippen LogP contribution in [0.2, 0.25) is 0 Å². The molecule has 0 unspecified atom stereocenters. The van der Waals surface area contributed by atoms with Crippen LogP contribution in [0.5, 0.6) is 0 Å². The molecule has 1 saturated heterocycles. The van der Waals surface area contributed by atoms with Gasteiger partial charge in [0.1, 0.15) is 11.4 Å². The van der Waals surface area contributed by atoms with Gasteiger partial charge in [-0.05, 0) is 56.0 Å². The fraction of sp³-hybridized carbons (Fsp3) is 0.440. The molecule has 2 aromatic rings. The number of halogens is 1. The summed E-state index contributed by atoms with van der Waals surface area (Å²) < 4.78 is 24.8. The van der Waals surface area contributed by atoms with Crippen molar-refractivity contribution in [2.45, 2.75) is 44.9 Å². The zero-order valence-electron chi connectivity index (χ0n) is 18.7. The average Bonchev–Trinajstić information content (AvgIpc) is 2.77. The molecule has 2 atom stereocenters. The van der Waals surface area contributed by atoms with Crippen LogP contribution in [0.3, 0.4) is 0 Å². The fourth-order valence-electron chi connectivity index (χ4n) is 4.28. The lowest BCUT2D eigenvalue weighted by atomic mass is 9.88. The van der Waals surface area contributed by atoms with Gasteiger partial charge in [0, 0.05) is 13.1 Å². The monoisotopic (exact) mass is 440 g/mol. The molecule has 0 saturated carbocycles. The molecule has 2 aromatic carbocycles. The summed E-state index contributed by atoms with van der Waals surface area (Å²) in [5.41, 5.74) is 2.43. The number of carbonyl (C=O) groups excluding carboxylic acids is 2. The van der Waals surface area contributed by atoms with Gasteiger partial charge in [-0.2, -0.15) is 0 Å². The van der Waals surface area contributed by atoms with E-state index in [4.69, 9.17) is 9.47 Å². The fourth-order valence-corrected chi connectivity index (χ4v) is 4.28. The van der Waals surface area contributed by atoms with Crippen molar-refractivity contribution in [1.29, 1.82) is 0 Å². The molecule has 4 rings (SSSR count). The number of amides is 2. The molecule has 0 bridgehead atoms. The van der Waals surface area contributed by atoms with Crippen LogP contribution in [0.1, 0.15) is 43.5 Å². The van der Waals surface area contributed by atoms with E-state index in [9.17, 15) is 14.0 Å². The van der Waals surface area contributed by atoms with Crippen molar-refractivity contribution in [3.05, 3.63) is 71.0 Å². The number of nitrogens with zero attached hydrogens (tertiary/aromatic N) is 2. The summed E-state index contributed by atoms with van der Waals surface area (Å²) >= 11 is 0. The van der Waals surface area contributed by atoms with Gasteiger partial charge in [-0.25, -0.2) is 9.18 Å². The quantitative estimate of drug-likeness (QED) is 0.710. The summed E-state index contributed by atoms with van der Waals surface area (Å²) in [4.78, 5) is 29.5. The maximum atomic E-state index is 13.6. The smallest absolute Gasteiger partial charge is 0.410 e. The van der Waals surface area contributed by atoms with Crippen LogP contribution in [-0.4, -0.2) is 59.7 Å². The molecule has 0 N–H and O–H groups in total. The molecular formula is C25H29FN2O4. The van der Waals surface area contributed by atoms with Crippen molar-refractivity contribution in [3.63, 3.8) is 0 Å². The van der Waals surface area contributed by atoms with E-state index in [0.717, 1.165) is 17.5 Å². The van der Waals surface area contributed by atoms with Gasteiger partial charge in [-0.1, -0.05) is 36.4 Å². The average molecular weight is 441 g/mol. The molecule has 0 spiro atoms. The zero-order chi connectivity index (χ0) is 22.9. The lowest BCUT2D eigenvalue weighted by molar-refractivity contribution is -0.151. The van der Waals surface area contributed by atoms with E-state index in [-0.39, 0.29) is 30.9 Å². The lowest BCUT2D eigenvalue weighted by Crippen LogP contribution is -2.54. The molecule has 0 radical (unpaired) electrons. The molecule has 7 heteroatoms. The van der Waals surface area contributed by atoms with E-state index in [1.807, 2.05) is 39.0 Å². The first-order valence-corrected chi connectivity index (χ1v) is 11.0. The van der Waals surface area contributed by atoms with Crippen LogP contribution >= 0.6 is 0 Å². The largest absolute Gasteiger partial charge is 0.444 e. The first-order valence-electron chi connectivity index (χ1n) is 11.0. The predicted octanol–water partition coefficient (Wildman–Crippen LogP) is 3.94. The second kappa shape index (κ2) is 8.90. The van der Waals surface area contributed by atoms with Gasteiger partial charge in [0.15, 0.2) is 6.10 Å². The molecular weight excluding hydrogens is 411 g/mol. The lowest BCUT2D eigenvalue weighted by Gasteiger charge is -2.41.